The van der Waals surface area contributed by atoms with E-state index in [4.69, 9.17) is 4.74 Å². The van der Waals surface area contributed by atoms with E-state index in [9.17, 15) is 0 Å². The molecule has 0 saturated carbocycles. The maximum Gasteiger partial charge on any atom is 0.158 e. The molecule has 154 valence electrons. The van der Waals surface area contributed by atoms with Gasteiger partial charge < -0.3 is 9.64 Å². The summed E-state index contributed by atoms with van der Waals surface area (Å²) < 4.78 is 7.34. The minimum atomic E-state index is 0.900. The van der Waals surface area contributed by atoms with Crippen LogP contribution in [0.25, 0.3) is 5.57 Å². The van der Waals surface area contributed by atoms with Crippen LogP contribution in [0.1, 0.15) is 35.4 Å². The summed E-state index contributed by atoms with van der Waals surface area (Å²) in [5.74, 6) is 1.96. The standard InChI is InChI=1S/C25H28N4O/c1-30-22-8-6-19(7-9-22)10-14-28-15-11-21(12-16-28)24-23-5-3-2-4-20(23)13-17-29-25(24)26-18-27-29/h2-9,18H,10-17H2,1H3. The van der Waals surface area contributed by atoms with Gasteiger partial charge >= 0.3 is 0 Å². The Hall–Kier alpha value is -2.92. The van der Waals surface area contributed by atoms with E-state index in [1.54, 1.807) is 13.4 Å². The van der Waals surface area contributed by atoms with Gasteiger partial charge in [0.25, 0.3) is 0 Å². The molecule has 3 aromatic rings. The van der Waals surface area contributed by atoms with Gasteiger partial charge in [-0.25, -0.2) is 9.67 Å². The molecule has 1 aromatic heterocycles. The van der Waals surface area contributed by atoms with E-state index < -0.39 is 0 Å². The van der Waals surface area contributed by atoms with Crippen LogP contribution in [-0.4, -0.2) is 46.4 Å². The van der Waals surface area contributed by atoms with E-state index in [1.165, 1.54) is 27.8 Å². The van der Waals surface area contributed by atoms with Crippen LogP contribution < -0.4 is 4.74 Å². The van der Waals surface area contributed by atoms with Crippen molar-refractivity contribution in [2.45, 2.75) is 32.2 Å². The topological polar surface area (TPSA) is 43.2 Å². The van der Waals surface area contributed by atoms with Crippen LogP contribution in [0.4, 0.5) is 0 Å². The van der Waals surface area contributed by atoms with Gasteiger partial charge in [0.15, 0.2) is 5.82 Å². The van der Waals surface area contributed by atoms with Crippen LogP contribution in [0.2, 0.25) is 0 Å². The smallest absolute Gasteiger partial charge is 0.158 e. The third kappa shape index (κ3) is 3.77. The summed E-state index contributed by atoms with van der Waals surface area (Å²) in [4.78, 5) is 7.24. The average Bonchev–Trinajstić information content (AvgIpc) is 3.20. The van der Waals surface area contributed by atoms with Crippen LogP contribution in [-0.2, 0) is 19.4 Å². The monoisotopic (exact) mass is 400 g/mol. The first-order valence-corrected chi connectivity index (χ1v) is 10.9. The highest BCUT2D eigenvalue weighted by molar-refractivity contribution is 5.81. The zero-order valence-corrected chi connectivity index (χ0v) is 17.6. The lowest BCUT2D eigenvalue weighted by Gasteiger charge is -2.30. The molecule has 0 atom stereocenters. The van der Waals surface area contributed by atoms with Crippen LogP contribution in [0.5, 0.6) is 5.75 Å². The van der Waals surface area contributed by atoms with Gasteiger partial charge in [0.2, 0.25) is 0 Å². The molecule has 0 amide bonds. The molecule has 30 heavy (non-hydrogen) atoms. The summed E-state index contributed by atoms with van der Waals surface area (Å²) in [6.45, 7) is 4.20. The number of nitrogens with zero attached hydrogens (tertiary/aromatic N) is 4. The molecule has 0 radical (unpaired) electrons. The molecule has 0 unspecified atom stereocenters. The van der Waals surface area contributed by atoms with Crippen molar-refractivity contribution in [1.29, 1.82) is 0 Å². The van der Waals surface area contributed by atoms with E-state index in [2.05, 4.69) is 56.1 Å². The number of hydrogen-bond acceptors (Lipinski definition) is 4. The van der Waals surface area contributed by atoms with E-state index in [-0.39, 0.29) is 0 Å². The van der Waals surface area contributed by atoms with Crippen LogP contribution in [0.15, 0.2) is 60.4 Å². The van der Waals surface area contributed by atoms with Crippen molar-refractivity contribution in [2.75, 3.05) is 26.7 Å². The molecule has 5 heteroatoms. The summed E-state index contributed by atoms with van der Waals surface area (Å²) in [5.41, 5.74) is 6.99. The molecule has 2 aromatic carbocycles. The first-order chi connectivity index (χ1) is 14.8. The second-order valence-corrected chi connectivity index (χ2v) is 8.13. The fourth-order valence-electron chi connectivity index (χ4n) is 4.67. The number of aryl methyl sites for hydroxylation is 2. The van der Waals surface area contributed by atoms with Gasteiger partial charge in [-0.3, -0.25) is 0 Å². The van der Waals surface area contributed by atoms with Crippen molar-refractivity contribution >= 4 is 5.57 Å². The minimum absolute atomic E-state index is 0.900. The van der Waals surface area contributed by atoms with Crippen molar-refractivity contribution in [1.82, 2.24) is 19.7 Å². The Morgan fingerprint density at radius 3 is 2.53 bits per heavy atom. The Balaban J connectivity index is 1.32. The van der Waals surface area contributed by atoms with E-state index in [0.717, 1.165) is 63.4 Å². The van der Waals surface area contributed by atoms with Gasteiger partial charge in [-0.2, -0.15) is 5.10 Å². The average molecular weight is 401 g/mol. The summed E-state index contributed by atoms with van der Waals surface area (Å²) in [6.07, 6.45) is 5.98. The molecule has 0 N–H and O–H groups in total. The Labute approximate surface area is 178 Å². The lowest BCUT2D eigenvalue weighted by Crippen LogP contribution is -2.33. The van der Waals surface area contributed by atoms with Crippen LogP contribution in [0.3, 0.4) is 0 Å². The molecule has 2 aliphatic heterocycles. The Morgan fingerprint density at radius 1 is 0.933 bits per heavy atom. The number of hydrogen-bond donors (Lipinski definition) is 0. The molecule has 1 fully saturated rings. The maximum atomic E-state index is 5.26. The minimum Gasteiger partial charge on any atom is -0.497 e. The number of likely N-dealkylation sites (tertiary alicyclic amines) is 1. The molecule has 0 spiro atoms. The lowest BCUT2D eigenvalue weighted by atomic mass is 9.90. The first kappa shape index (κ1) is 19.1. The van der Waals surface area contributed by atoms with E-state index in [1.807, 2.05) is 12.1 Å². The van der Waals surface area contributed by atoms with Gasteiger partial charge in [-0.1, -0.05) is 42.0 Å². The number of aromatic nitrogens is 3. The maximum absolute atomic E-state index is 5.26. The number of benzene rings is 2. The molecule has 5 rings (SSSR count). The quantitative estimate of drug-likeness (QED) is 0.664. The normalized spacial score (nSPS) is 16.7. The summed E-state index contributed by atoms with van der Waals surface area (Å²) in [5, 5.41) is 4.49. The summed E-state index contributed by atoms with van der Waals surface area (Å²) >= 11 is 0. The van der Waals surface area contributed by atoms with Crippen molar-refractivity contribution in [3.05, 3.63) is 82.9 Å². The number of methoxy groups -OCH3 is 1. The highest BCUT2D eigenvalue weighted by Gasteiger charge is 2.25. The fourth-order valence-corrected chi connectivity index (χ4v) is 4.67. The lowest BCUT2D eigenvalue weighted by molar-refractivity contribution is 0.260. The van der Waals surface area contributed by atoms with Crippen LogP contribution in [0, 0.1) is 0 Å². The molecule has 5 nitrogen and oxygen atoms in total. The molecular weight excluding hydrogens is 372 g/mol. The largest absolute Gasteiger partial charge is 0.497 e. The second kappa shape index (κ2) is 8.44. The first-order valence-electron chi connectivity index (χ1n) is 10.9. The highest BCUT2D eigenvalue weighted by atomic mass is 16.5. The molecule has 0 aliphatic carbocycles. The molecular formula is C25H28N4O. The van der Waals surface area contributed by atoms with Crippen molar-refractivity contribution in [3.8, 4) is 5.75 Å². The molecule has 1 saturated heterocycles. The van der Waals surface area contributed by atoms with E-state index in [0.29, 0.717) is 0 Å². The molecule has 0 bridgehead atoms. The van der Waals surface area contributed by atoms with Gasteiger partial charge in [-0.15, -0.1) is 0 Å². The molecule has 2 aliphatic rings. The van der Waals surface area contributed by atoms with Crippen LogP contribution >= 0.6 is 0 Å². The third-order valence-electron chi connectivity index (χ3n) is 6.41. The number of rotatable bonds is 4. The molecule has 3 heterocycles. The van der Waals surface area contributed by atoms with Crippen molar-refractivity contribution in [3.63, 3.8) is 0 Å². The van der Waals surface area contributed by atoms with Gasteiger partial charge in [0.1, 0.15) is 12.1 Å². The van der Waals surface area contributed by atoms with Gasteiger partial charge in [0, 0.05) is 31.8 Å². The predicted octanol–water partition coefficient (Wildman–Crippen LogP) is 3.98. The zero-order chi connectivity index (χ0) is 20.3. The Morgan fingerprint density at radius 2 is 1.73 bits per heavy atom. The number of piperidine rings is 1. The van der Waals surface area contributed by atoms with Crippen molar-refractivity contribution < 1.29 is 4.74 Å². The second-order valence-electron chi connectivity index (χ2n) is 8.13. The van der Waals surface area contributed by atoms with Crippen molar-refractivity contribution in [2.24, 2.45) is 0 Å². The predicted molar refractivity (Wildman–Crippen MR) is 119 cm³/mol. The highest BCUT2D eigenvalue weighted by Crippen LogP contribution is 2.35. The fraction of sp³-hybridized carbons (Fsp3) is 0.360. The van der Waals surface area contributed by atoms with Gasteiger partial charge in [-0.05, 0) is 54.5 Å². The summed E-state index contributed by atoms with van der Waals surface area (Å²) in [7, 11) is 1.71. The van der Waals surface area contributed by atoms with Gasteiger partial charge in [0.05, 0.1) is 7.11 Å². The number of ether oxygens (including phenoxy) is 1. The third-order valence-corrected chi connectivity index (χ3v) is 6.41. The Kier molecular flexibility index (Phi) is 5.37. The number of fused-ring (bicyclic) bond motifs is 2. The zero-order valence-electron chi connectivity index (χ0n) is 17.6. The Bertz CT molecular complexity index is 1040. The SMILES string of the molecule is COc1ccc(CCN2CCC(=C3c4ccccc4CCn4ncnc43)CC2)cc1. The summed E-state index contributed by atoms with van der Waals surface area (Å²) in [6, 6.07) is 17.3. The van der Waals surface area contributed by atoms with E-state index >= 15 is 0 Å².